The minimum Gasteiger partial charge on any atom is -0.337 e. The smallest absolute Gasteiger partial charge is 0.319 e. The fraction of sp³-hybridized carbons (Fsp3) is 0.579. The second-order valence-corrected chi connectivity index (χ2v) is 7.01. The third-order valence-corrected chi connectivity index (χ3v) is 4.88. The van der Waals surface area contributed by atoms with E-state index in [1.807, 2.05) is 35.2 Å². The molecule has 3 amide bonds. The number of amides is 3. The number of anilines is 1. The SMILES string of the molecule is O=C(NCC1CCCCN1C(=O)CNCC1CC1)Nc1ccccc1. The van der Waals surface area contributed by atoms with Crippen LogP contribution in [0, 0.1) is 5.92 Å². The lowest BCUT2D eigenvalue weighted by Crippen LogP contribution is -2.52. The van der Waals surface area contributed by atoms with Crippen molar-refractivity contribution in [3.63, 3.8) is 0 Å². The summed E-state index contributed by atoms with van der Waals surface area (Å²) in [5.74, 6) is 0.920. The van der Waals surface area contributed by atoms with Crippen molar-refractivity contribution in [2.24, 2.45) is 5.92 Å². The molecule has 0 radical (unpaired) electrons. The van der Waals surface area contributed by atoms with E-state index in [4.69, 9.17) is 0 Å². The van der Waals surface area contributed by atoms with Crippen LogP contribution >= 0.6 is 0 Å². The Morgan fingerprint density at radius 2 is 1.84 bits per heavy atom. The van der Waals surface area contributed by atoms with Gasteiger partial charge in [-0.05, 0) is 56.7 Å². The number of hydrogen-bond donors (Lipinski definition) is 3. The molecular weight excluding hydrogens is 316 g/mol. The van der Waals surface area contributed by atoms with E-state index in [0.29, 0.717) is 13.1 Å². The lowest BCUT2D eigenvalue weighted by atomic mass is 10.0. The lowest BCUT2D eigenvalue weighted by Gasteiger charge is -2.36. The van der Waals surface area contributed by atoms with Crippen LogP contribution in [0.25, 0.3) is 0 Å². The number of hydrogen-bond acceptors (Lipinski definition) is 3. The summed E-state index contributed by atoms with van der Waals surface area (Å²) in [7, 11) is 0. The highest BCUT2D eigenvalue weighted by Crippen LogP contribution is 2.27. The predicted molar refractivity (Wildman–Crippen MR) is 98.4 cm³/mol. The van der Waals surface area contributed by atoms with Crippen molar-refractivity contribution in [3.8, 4) is 0 Å². The summed E-state index contributed by atoms with van der Waals surface area (Å²) < 4.78 is 0. The molecule has 3 rings (SSSR count). The first-order chi connectivity index (χ1) is 12.2. The number of nitrogens with one attached hydrogen (secondary N) is 3. The van der Waals surface area contributed by atoms with Crippen molar-refractivity contribution < 1.29 is 9.59 Å². The summed E-state index contributed by atoms with van der Waals surface area (Å²) in [6, 6.07) is 9.23. The van der Waals surface area contributed by atoms with E-state index in [2.05, 4.69) is 16.0 Å². The van der Waals surface area contributed by atoms with Crippen molar-refractivity contribution in [2.45, 2.75) is 38.1 Å². The lowest BCUT2D eigenvalue weighted by molar-refractivity contribution is -0.133. The second kappa shape index (κ2) is 8.85. The highest BCUT2D eigenvalue weighted by molar-refractivity contribution is 5.89. The Morgan fingerprint density at radius 1 is 1.04 bits per heavy atom. The van der Waals surface area contributed by atoms with Gasteiger partial charge < -0.3 is 20.9 Å². The zero-order valence-electron chi connectivity index (χ0n) is 14.7. The van der Waals surface area contributed by atoms with Gasteiger partial charge in [-0.3, -0.25) is 4.79 Å². The van der Waals surface area contributed by atoms with Crippen LogP contribution in [0.15, 0.2) is 30.3 Å². The Kier molecular flexibility index (Phi) is 6.28. The van der Waals surface area contributed by atoms with Crippen molar-refractivity contribution in [1.29, 1.82) is 0 Å². The number of benzene rings is 1. The van der Waals surface area contributed by atoms with Gasteiger partial charge in [-0.15, -0.1) is 0 Å². The van der Waals surface area contributed by atoms with Gasteiger partial charge in [0.2, 0.25) is 5.91 Å². The molecule has 3 N–H and O–H groups in total. The molecule has 1 heterocycles. The summed E-state index contributed by atoms with van der Waals surface area (Å²) in [5, 5.41) is 8.99. The number of nitrogens with zero attached hydrogens (tertiary/aromatic N) is 1. The van der Waals surface area contributed by atoms with Crippen LogP contribution in [0.5, 0.6) is 0 Å². The van der Waals surface area contributed by atoms with Gasteiger partial charge in [-0.25, -0.2) is 4.79 Å². The van der Waals surface area contributed by atoms with Gasteiger partial charge in [0.25, 0.3) is 0 Å². The average Bonchev–Trinajstić information content (AvgIpc) is 3.45. The van der Waals surface area contributed by atoms with Crippen LogP contribution in [0.4, 0.5) is 10.5 Å². The van der Waals surface area contributed by atoms with Gasteiger partial charge >= 0.3 is 6.03 Å². The van der Waals surface area contributed by atoms with Gasteiger partial charge in [0.05, 0.1) is 6.54 Å². The molecule has 6 nitrogen and oxygen atoms in total. The van der Waals surface area contributed by atoms with E-state index in [9.17, 15) is 9.59 Å². The van der Waals surface area contributed by atoms with Gasteiger partial charge in [0, 0.05) is 24.8 Å². The van der Waals surface area contributed by atoms with Crippen molar-refractivity contribution in [3.05, 3.63) is 30.3 Å². The van der Waals surface area contributed by atoms with Gasteiger partial charge in [0.1, 0.15) is 0 Å². The fourth-order valence-electron chi connectivity index (χ4n) is 3.26. The molecule has 6 heteroatoms. The molecule has 1 saturated carbocycles. The Hall–Kier alpha value is -2.08. The molecule has 0 bridgehead atoms. The van der Waals surface area contributed by atoms with E-state index in [-0.39, 0.29) is 18.0 Å². The number of urea groups is 1. The molecule has 2 aliphatic rings. The molecule has 1 aromatic carbocycles. The summed E-state index contributed by atoms with van der Waals surface area (Å²) in [5.41, 5.74) is 0.765. The number of piperidine rings is 1. The number of rotatable bonds is 7. The number of para-hydroxylation sites is 1. The largest absolute Gasteiger partial charge is 0.337 e. The van der Waals surface area contributed by atoms with Crippen LogP contribution in [0.3, 0.4) is 0 Å². The van der Waals surface area contributed by atoms with E-state index in [1.54, 1.807) is 0 Å². The monoisotopic (exact) mass is 344 g/mol. The maximum Gasteiger partial charge on any atom is 0.319 e. The Balaban J connectivity index is 1.43. The van der Waals surface area contributed by atoms with Gasteiger partial charge in [-0.1, -0.05) is 18.2 Å². The number of carbonyl (C=O) groups excluding carboxylic acids is 2. The van der Waals surface area contributed by atoms with E-state index in [1.165, 1.54) is 12.8 Å². The molecule has 1 aromatic rings. The fourth-order valence-corrected chi connectivity index (χ4v) is 3.26. The highest BCUT2D eigenvalue weighted by Gasteiger charge is 2.27. The van der Waals surface area contributed by atoms with Crippen LogP contribution in [0.2, 0.25) is 0 Å². The van der Waals surface area contributed by atoms with Crippen LogP contribution in [-0.2, 0) is 4.79 Å². The summed E-state index contributed by atoms with van der Waals surface area (Å²) >= 11 is 0. The minimum absolute atomic E-state index is 0.0884. The first-order valence-electron chi connectivity index (χ1n) is 9.32. The zero-order valence-corrected chi connectivity index (χ0v) is 14.7. The van der Waals surface area contributed by atoms with Gasteiger partial charge in [0.15, 0.2) is 0 Å². The van der Waals surface area contributed by atoms with Crippen molar-refractivity contribution >= 4 is 17.6 Å². The standard InChI is InChI=1S/C19H28N4O2/c24-18(14-20-12-15-9-10-15)23-11-5-4-8-17(23)13-21-19(25)22-16-6-2-1-3-7-16/h1-3,6-7,15,17,20H,4-5,8-14H2,(H2,21,22,25). The summed E-state index contributed by atoms with van der Waals surface area (Å²) in [6.07, 6.45) is 5.66. The molecule has 1 aliphatic heterocycles. The maximum absolute atomic E-state index is 12.5. The topological polar surface area (TPSA) is 73.5 Å². The number of likely N-dealkylation sites (tertiary alicyclic amines) is 1. The average molecular weight is 344 g/mol. The first-order valence-corrected chi connectivity index (χ1v) is 9.32. The Bertz CT molecular complexity index is 574. The molecule has 1 unspecified atom stereocenters. The third-order valence-electron chi connectivity index (χ3n) is 4.88. The second-order valence-electron chi connectivity index (χ2n) is 7.01. The van der Waals surface area contributed by atoms with Crippen LogP contribution in [0.1, 0.15) is 32.1 Å². The minimum atomic E-state index is -0.226. The molecule has 1 saturated heterocycles. The zero-order chi connectivity index (χ0) is 17.5. The van der Waals surface area contributed by atoms with E-state index in [0.717, 1.165) is 44.0 Å². The molecule has 2 fully saturated rings. The summed E-state index contributed by atoms with van der Waals surface area (Å²) in [4.78, 5) is 26.5. The normalized spacial score (nSPS) is 20.2. The summed E-state index contributed by atoms with van der Waals surface area (Å²) in [6.45, 7) is 2.63. The van der Waals surface area contributed by atoms with Crippen molar-refractivity contribution in [1.82, 2.24) is 15.5 Å². The van der Waals surface area contributed by atoms with E-state index < -0.39 is 0 Å². The maximum atomic E-state index is 12.5. The Labute approximate surface area is 149 Å². The number of carbonyl (C=O) groups is 2. The quantitative estimate of drug-likeness (QED) is 0.710. The molecule has 136 valence electrons. The molecule has 25 heavy (non-hydrogen) atoms. The van der Waals surface area contributed by atoms with Crippen molar-refractivity contribution in [2.75, 3.05) is 31.5 Å². The predicted octanol–water partition coefficient (Wildman–Crippen LogP) is 2.19. The van der Waals surface area contributed by atoms with E-state index >= 15 is 0 Å². The molecular formula is C19H28N4O2. The molecule has 1 atom stereocenters. The van der Waals surface area contributed by atoms with Crippen LogP contribution in [-0.4, -0.2) is 49.1 Å². The van der Waals surface area contributed by atoms with Crippen LogP contribution < -0.4 is 16.0 Å². The first kappa shape index (κ1) is 17.7. The Morgan fingerprint density at radius 3 is 2.60 bits per heavy atom. The third kappa shape index (κ3) is 5.74. The highest BCUT2D eigenvalue weighted by atomic mass is 16.2. The van der Waals surface area contributed by atoms with Gasteiger partial charge in [-0.2, -0.15) is 0 Å². The molecule has 1 aliphatic carbocycles. The molecule has 0 aromatic heterocycles. The molecule has 0 spiro atoms.